The Balaban J connectivity index is 1.90. The van der Waals surface area contributed by atoms with E-state index in [1.54, 1.807) is 0 Å². The second kappa shape index (κ2) is 6.39. The monoisotopic (exact) mass is 255 g/mol. The highest BCUT2D eigenvalue weighted by atomic mass is 16.5. The van der Waals surface area contributed by atoms with Crippen LogP contribution in [0.25, 0.3) is 0 Å². The summed E-state index contributed by atoms with van der Waals surface area (Å²) in [7, 11) is 0. The van der Waals surface area contributed by atoms with Crippen LogP contribution in [0.1, 0.15) is 16.7 Å². The van der Waals surface area contributed by atoms with Crippen molar-refractivity contribution in [1.29, 1.82) is 0 Å². The fraction of sp³-hybridized carbons (Fsp3) is 0.294. The molecule has 0 saturated heterocycles. The van der Waals surface area contributed by atoms with E-state index in [-0.39, 0.29) is 6.04 Å². The zero-order valence-electron chi connectivity index (χ0n) is 11.6. The van der Waals surface area contributed by atoms with Gasteiger partial charge >= 0.3 is 0 Å². The summed E-state index contributed by atoms with van der Waals surface area (Å²) >= 11 is 0. The summed E-state index contributed by atoms with van der Waals surface area (Å²) < 4.78 is 5.83. The predicted octanol–water partition coefficient (Wildman–Crippen LogP) is 3.25. The number of nitrogens with two attached hydrogens (primary N) is 1. The Hall–Kier alpha value is -1.80. The Morgan fingerprint density at radius 1 is 1.00 bits per heavy atom. The second-order valence-corrected chi connectivity index (χ2v) is 4.96. The molecule has 2 aromatic carbocycles. The van der Waals surface area contributed by atoms with Gasteiger partial charge in [0.1, 0.15) is 12.4 Å². The highest BCUT2D eigenvalue weighted by molar-refractivity contribution is 5.38. The molecule has 0 aliphatic carbocycles. The molecule has 0 amide bonds. The van der Waals surface area contributed by atoms with Crippen LogP contribution in [0.4, 0.5) is 0 Å². The fourth-order valence-corrected chi connectivity index (χ4v) is 2.05. The number of rotatable bonds is 5. The van der Waals surface area contributed by atoms with E-state index in [4.69, 9.17) is 10.5 Å². The maximum atomic E-state index is 6.12. The Morgan fingerprint density at radius 2 is 1.74 bits per heavy atom. The molecule has 0 aliphatic heterocycles. The lowest BCUT2D eigenvalue weighted by atomic mass is 10.1. The van der Waals surface area contributed by atoms with Crippen molar-refractivity contribution in [2.45, 2.75) is 26.3 Å². The molecule has 0 heterocycles. The molecule has 0 bridgehead atoms. The number of aryl methyl sites for hydroxylation is 1. The van der Waals surface area contributed by atoms with Gasteiger partial charge < -0.3 is 10.5 Å². The Morgan fingerprint density at radius 3 is 2.47 bits per heavy atom. The lowest BCUT2D eigenvalue weighted by Crippen LogP contribution is -2.30. The molecule has 0 spiro atoms. The summed E-state index contributed by atoms with van der Waals surface area (Å²) in [6.45, 7) is 4.71. The minimum absolute atomic E-state index is 0.0160. The third-order valence-electron chi connectivity index (χ3n) is 3.35. The molecule has 2 rings (SSSR count). The zero-order valence-corrected chi connectivity index (χ0v) is 11.6. The van der Waals surface area contributed by atoms with Gasteiger partial charge in [0.25, 0.3) is 0 Å². The summed E-state index contributed by atoms with van der Waals surface area (Å²) in [6, 6.07) is 16.4. The quantitative estimate of drug-likeness (QED) is 0.890. The Bertz CT molecular complexity index is 522. The molecule has 1 unspecified atom stereocenters. The van der Waals surface area contributed by atoms with Gasteiger partial charge in [-0.2, -0.15) is 0 Å². The molecule has 0 aromatic heterocycles. The summed E-state index contributed by atoms with van der Waals surface area (Å²) in [6.07, 6.45) is 0.839. The molecule has 0 radical (unpaired) electrons. The molecule has 0 fully saturated rings. The molecular formula is C17H21NO. The van der Waals surface area contributed by atoms with Gasteiger partial charge in [0.2, 0.25) is 0 Å². The number of hydrogen-bond acceptors (Lipinski definition) is 2. The third-order valence-corrected chi connectivity index (χ3v) is 3.35. The first kappa shape index (κ1) is 13.6. The minimum atomic E-state index is 0.0160. The van der Waals surface area contributed by atoms with Crippen LogP contribution >= 0.6 is 0 Å². The van der Waals surface area contributed by atoms with Gasteiger partial charge in [0.05, 0.1) is 0 Å². The van der Waals surface area contributed by atoms with Crippen molar-refractivity contribution >= 4 is 0 Å². The van der Waals surface area contributed by atoms with Gasteiger partial charge in [-0.3, -0.25) is 0 Å². The van der Waals surface area contributed by atoms with Crippen LogP contribution in [0.15, 0.2) is 48.5 Å². The van der Waals surface area contributed by atoms with Crippen LogP contribution in [0, 0.1) is 13.8 Å². The van der Waals surface area contributed by atoms with Gasteiger partial charge in [0, 0.05) is 6.04 Å². The van der Waals surface area contributed by atoms with Crippen molar-refractivity contribution in [3.05, 3.63) is 65.2 Å². The molecule has 0 aliphatic rings. The molecule has 2 heteroatoms. The molecule has 2 aromatic rings. The highest BCUT2D eigenvalue weighted by Gasteiger charge is 2.07. The van der Waals surface area contributed by atoms with E-state index in [9.17, 15) is 0 Å². The van der Waals surface area contributed by atoms with E-state index in [0.717, 1.165) is 12.2 Å². The Labute approximate surface area is 115 Å². The van der Waals surface area contributed by atoms with Gasteiger partial charge in [0.15, 0.2) is 0 Å². The van der Waals surface area contributed by atoms with E-state index in [2.05, 4.69) is 32.0 Å². The maximum Gasteiger partial charge on any atom is 0.122 e. The van der Waals surface area contributed by atoms with Gasteiger partial charge in [-0.25, -0.2) is 0 Å². The largest absolute Gasteiger partial charge is 0.492 e. The van der Waals surface area contributed by atoms with Gasteiger partial charge in [-0.05, 0) is 43.0 Å². The molecule has 0 saturated carbocycles. The SMILES string of the molecule is Cc1cccc(OCC(N)Cc2ccccc2)c1C. The first-order valence-electron chi connectivity index (χ1n) is 6.65. The first-order chi connectivity index (χ1) is 9.16. The third kappa shape index (κ3) is 3.83. The molecule has 2 N–H and O–H groups in total. The van der Waals surface area contributed by atoms with Gasteiger partial charge in [-0.1, -0.05) is 42.5 Å². The molecular weight excluding hydrogens is 234 g/mol. The summed E-state index contributed by atoms with van der Waals surface area (Å²) in [5, 5.41) is 0. The molecule has 2 nitrogen and oxygen atoms in total. The standard InChI is InChI=1S/C17H21NO/c1-13-7-6-10-17(14(13)2)19-12-16(18)11-15-8-4-3-5-9-15/h3-10,16H,11-12,18H2,1-2H3. The van der Waals surface area contributed by atoms with Crippen molar-refractivity contribution in [2.75, 3.05) is 6.61 Å². The topological polar surface area (TPSA) is 35.2 Å². The zero-order chi connectivity index (χ0) is 13.7. The number of benzene rings is 2. The van der Waals surface area contributed by atoms with Crippen molar-refractivity contribution in [3.63, 3.8) is 0 Å². The number of hydrogen-bond donors (Lipinski definition) is 1. The minimum Gasteiger partial charge on any atom is -0.492 e. The van der Waals surface area contributed by atoms with E-state index in [1.807, 2.05) is 30.3 Å². The van der Waals surface area contributed by atoms with Gasteiger partial charge in [-0.15, -0.1) is 0 Å². The first-order valence-corrected chi connectivity index (χ1v) is 6.65. The van der Waals surface area contributed by atoms with Crippen molar-refractivity contribution < 1.29 is 4.74 Å². The molecule has 100 valence electrons. The average molecular weight is 255 g/mol. The average Bonchev–Trinajstić information content (AvgIpc) is 2.42. The summed E-state index contributed by atoms with van der Waals surface area (Å²) in [4.78, 5) is 0. The second-order valence-electron chi connectivity index (χ2n) is 4.96. The number of ether oxygens (including phenoxy) is 1. The van der Waals surface area contributed by atoms with Crippen LogP contribution < -0.4 is 10.5 Å². The maximum absolute atomic E-state index is 6.12. The van der Waals surface area contributed by atoms with E-state index >= 15 is 0 Å². The lowest BCUT2D eigenvalue weighted by molar-refractivity contribution is 0.285. The normalized spacial score (nSPS) is 12.2. The predicted molar refractivity (Wildman–Crippen MR) is 79.5 cm³/mol. The smallest absolute Gasteiger partial charge is 0.122 e. The van der Waals surface area contributed by atoms with Crippen LogP contribution in [-0.2, 0) is 6.42 Å². The van der Waals surface area contributed by atoms with Crippen molar-refractivity contribution in [2.24, 2.45) is 5.73 Å². The summed E-state index contributed by atoms with van der Waals surface area (Å²) in [5.41, 5.74) is 9.80. The lowest BCUT2D eigenvalue weighted by Gasteiger charge is -2.15. The van der Waals surface area contributed by atoms with Crippen LogP contribution in [0.3, 0.4) is 0 Å². The van der Waals surface area contributed by atoms with E-state index < -0.39 is 0 Å². The molecule has 19 heavy (non-hydrogen) atoms. The highest BCUT2D eigenvalue weighted by Crippen LogP contribution is 2.20. The Kier molecular flexibility index (Phi) is 4.58. The molecule has 1 atom stereocenters. The van der Waals surface area contributed by atoms with Crippen LogP contribution in [0.2, 0.25) is 0 Å². The van der Waals surface area contributed by atoms with Crippen LogP contribution in [-0.4, -0.2) is 12.6 Å². The van der Waals surface area contributed by atoms with E-state index in [0.29, 0.717) is 6.61 Å². The van der Waals surface area contributed by atoms with E-state index in [1.165, 1.54) is 16.7 Å². The fourth-order valence-electron chi connectivity index (χ4n) is 2.05. The summed E-state index contributed by atoms with van der Waals surface area (Å²) in [5.74, 6) is 0.934. The van der Waals surface area contributed by atoms with Crippen molar-refractivity contribution in [3.8, 4) is 5.75 Å². The van der Waals surface area contributed by atoms with Crippen molar-refractivity contribution in [1.82, 2.24) is 0 Å². The van der Waals surface area contributed by atoms with Crippen LogP contribution in [0.5, 0.6) is 5.75 Å².